The van der Waals surface area contributed by atoms with E-state index in [1.807, 2.05) is 66.5 Å². The first-order valence-corrected chi connectivity index (χ1v) is 7.49. The molecule has 0 aromatic heterocycles. The van der Waals surface area contributed by atoms with Gasteiger partial charge in [0.25, 0.3) is 0 Å². The van der Waals surface area contributed by atoms with E-state index in [9.17, 15) is 9.59 Å². The molecule has 0 heterocycles. The number of methoxy groups -OCH3 is 1. The van der Waals surface area contributed by atoms with Gasteiger partial charge in [-0.25, -0.2) is 4.79 Å². The van der Waals surface area contributed by atoms with E-state index in [0.29, 0.717) is 6.54 Å². The van der Waals surface area contributed by atoms with Crippen LogP contribution in [0, 0.1) is 0 Å². The average Bonchev–Trinajstić information content (AvgIpc) is 2.55. The van der Waals surface area contributed by atoms with Crippen LogP contribution in [0.3, 0.4) is 0 Å². The third-order valence-electron chi connectivity index (χ3n) is 3.62. The number of urea groups is 1. The van der Waals surface area contributed by atoms with Crippen LogP contribution in [0.25, 0.3) is 0 Å². The van der Waals surface area contributed by atoms with Crippen molar-refractivity contribution in [2.75, 3.05) is 14.2 Å². The number of likely N-dealkylation sites (N-methyl/N-ethyl adjacent to an activating group) is 1. The molecule has 3 N–H and O–H groups in total. The van der Waals surface area contributed by atoms with Crippen molar-refractivity contribution in [3.05, 3.63) is 65.7 Å². The minimum absolute atomic E-state index is 0.459. The number of carbonyl (C=O) groups excluding carboxylic acids is 2. The van der Waals surface area contributed by atoms with Crippen LogP contribution in [-0.4, -0.2) is 31.0 Å². The number of primary amides is 1. The molecule has 0 bridgehead atoms. The van der Waals surface area contributed by atoms with Gasteiger partial charge in [-0.15, -0.1) is 0 Å². The number of benzene rings is 2. The van der Waals surface area contributed by atoms with E-state index in [1.54, 1.807) is 7.11 Å². The molecular weight excluding hydrogens is 306 g/mol. The van der Waals surface area contributed by atoms with Crippen LogP contribution in [0.4, 0.5) is 4.79 Å². The molecule has 3 amide bonds. The second-order valence-corrected chi connectivity index (χ2v) is 5.43. The summed E-state index contributed by atoms with van der Waals surface area (Å²) in [5, 5.41) is 2.16. The number of rotatable bonds is 6. The van der Waals surface area contributed by atoms with Crippen LogP contribution >= 0.6 is 0 Å². The van der Waals surface area contributed by atoms with Crippen LogP contribution in [-0.2, 0) is 11.3 Å². The van der Waals surface area contributed by atoms with Gasteiger partial charge in [-0.3, -0.25) is 15.0 Å². The lowest BCUT2D eigenvalue weighted by molar-refractivity contribution is -0.125. The summed E-state index contributed by atoms with van der Waals surface area (Å²) in [4.78, 5) is 25.3. The van der Waals surface area contributed by atoms with Crippen molar-refractivity contribution < 1.29 is 14.3 Å². The van der Waals surface area contributed by atoms with Gasteiger partial charge in [-0.05, 0) is 30.3 Å². The third-order valence-corrected chi connectivity index (χ3v) is 3.62. The molecule has 2 rings (SSSR count). The van der Waals surface area contributed by atoms with Crippen molar-refractivity contribution in [3.8, 4) is 5.75 Å². The van der Waals surface area contributed by atoms with Crippen molar-refractivity contribution in [1.82, 2.24) is 10.2 Å². The molecule has 0 spiro atoms. The second kappa shape index (κ2) is 8.12. The predicted molar refractivity (Wildman–Crippen MR) is 91.4 cm³/mol. The molecule has 2 aromatic carbocycles. The lowest BCUT2D eigenvalue weighted by Crippen LogP contribution is -2.43. The maximum atomic E-state index is 12.4. The third kappa shape index (κ3) is 4.57. The van der Waals surface area contributed by atoms with Crippen molar-refractivity contribution in [1.29, 1.82) is 0 Å². The Hall–Kier alpha value is -2.86. The van der Waals surface area contributed by atoms with Gasteiger partial charge in [0, 0.05) is 6.54 Å². The molecule has 0 saturated heterocycles. The highest BCUT2D eigenvalue weighted by Crippen LogP contribution is 2.23. The highest BCUT2D eigenvalue weighted by Gasteiger charge is 2.26. The summed E-state index contributed by atoms with van der Waals surface area (Å²) in [7, 11) is 3.42. The predicted octanol–water partition coefficient (Wildman–Crippen LogP) is 2.06. The Kier molecular flexibility index (Phi) is 5.92. The van der Waals surface area contributed by atoms with E-state index in [4.69, 9.17) is 10.5 Å². The lowest BCUT2D eigenvalue weighted by Gasteiger charge is -2.27. The molecule has 126 valence electrons. The van der Waals surface area contributed by atoms with Gasteiger partial charge >= 0.3 is 6.03 Å². The summed E-state index contributed by atoms with van der Waals surface area (Å²) in [6.45, 7) is 0.503. The molecule has 0 saturated carbocycles. The molecule has 0 aliphatic heterocycles. The molecule has 6 heteroatoms. The molecule has 0 fully saturated rings. The fourth-order valence-electron chi connectivity index (χ4n) is 2.58. The van der Waals surface area contributed by atoms with Crippen molar-refractivity contribution >= 4 is 11.9 Å². The van der Waals surface area contributed by atoms with E-state index in [0.717, 1.165) is 16.9 Å². The van der Waals surface area contributed by atoms with Crippen molar-refractivity contribution in [2.45, 2.75) is 12.6 Å². The maximum Gasteiger partial charge on any atom is 0.318 e. The molecule has 0 unspecified atom stereocenters. The van der Waals surface area contributed by atoms with Gasteiger partial charge in [0.1, 0.15) is 11.8 Å². The molecular formula is C18H21N3O3. The molecule has 2 aromatic rings. The van der Waals surface area contributed by atoms with Crippen LogP contribution < -0.4 is 15.8 Å². The van der Waals surface area contributed by atoms with Crippen molar-refractivity contribution in [2.24, 2.45) is 5.73 Å². The van der Waals surface area contributed by atoms with E-state index in [-0.39, 0.29) is 0 Å². The molecule has 0 radical (unpaired) electrons. The van der Waals surface area contributed by atoms with Gasteiger partial charge in [0.05, 0.1) is 7.11 Å². The summed E-state index contributed by atoms with van der Waals surface area (Å²) >= 11 is 0. The van der Waals surface area contributed by atoms with Gasteiger partial charge in [-0.2, -0.15) is 0 Å². The number of ether oxygens (including phenoxy) is 1. The standard InChI is InChI=1S/C18H21N3O3/c1-21(12-13-7-6-10-15(11-13)24-2)16(17(22)20-18(19)23)14-8-4-3-5-9-14/h3-11,16H,12H2,1-2H3,(H3,19,20,22,23)/t16-/m1/s1. The Bertz CT molecular complexity index is 704. The number of hydrogen-bond acceptors (Lipinski definition) is 4. The summed E-state index contributed by atoms with van der Waals surface area (Å²) in [6.07, 6.45) is 0. The van der Waals surface area contributed by atoms with E-state index in [1.165, 1.54) is 0 Å². The number of nitrogens with two attached hydrogens (primary N) is 1. The second-order valence-electron chi connectivity index (χ2n) is 5.43. The number of carbonyl (C=O) groups is 2. The minimum atomic E-state index is -0.865. The molecule has 1 atom stereocenters. The monoisotopic (exact) mass is 327 g/mol. The number of imide groups is 1. The quantitative estimate of drug-likeness (QED) is 0.850. The lowest BCUT2D eigenvalue weighted by atomic mass is 10.0. The summed E-state index contributed by atoms with van der Waals surface area (Å²) in [5.74, 6) is 0.290. The summed E-state index contributed by atoms with van der Waals surface area (Å²) < 4.78 is 5.22. The van der Waals surface area contributed by atoms with Crippen LogP contribution in [0.2, 0.25) is 0 Å². The first-order chi connectivity index (χ1) is 11.5. The first kappa shape index (κ1) is 17.5. The Balaban J connectivity index is 2.25. The summed E-state index contributed by atoms with van der Waals surface area (Å²) in [5.41, 5.74) is 6.86. The number of amides is 3. The topological polar surface area (TPSA) is 84.7 Å². The van der Waals surface area contributed by atoms with Gasteiger partial charge in [0.15, 0.2) is 0 Å². The van der Waals surface area contributed by atoms with E-state index in [2.05, 4.69) is 5.32 Å². The molecule has 6 nitrogen and oxygen atoms in total. The zero-order valence-electron chi connectivity index (χ0n) is 13.7. The van der Waals surface area contributed by atoms with Crippen LogP contribution in [0.1, 0.15) is 17.2 Å². The van der Waals surface area contributed by atoms with Gasteiger partial charge < -0.3 is 10.5 Å². The number of hydrogen-bond donors (Lipinski definition) is 2. The molecule has 24 heavy (non-hydrogen) atoms. The Morgan fingerprint density at radius 2 is 1.88 bits per heavy atom. The molecule has 0 aliphatic rings. The smallest absolute Gasteiger partial charge is 0.318 e. The SMILES string of the molecule is COc1cccc(CN(C)[C@@H](C(=O)NC(N)=O)c2ccccc2)c1. The zero-order valence-corrected chi connectivity index (χ0v) is 13.7. The Morgan fingerprint density at radius 3 is 2.50 bits per heavy atom. The van der Waals surface area contributed by atoms with E-state index >= 15 is 0 Å². The fourth-order valence-corrected chi connectivity index (χ4v) is 2.58. The van der Waals surface area contributed by atoms with E-state index < -0.39 is 18.0 Å². The van der Waals surface area contributed by atoms with Gasteiger partial charge in [-0.1, -0.05) is 42.5 Å². The van der Waals surface area contributed by atoms with Crippen LogP contribution in [0.5, 0.6) is 5.75 Å². The highest BCUT2D eigenvalue weighted by molar-refractivity contribution is 5.96. The zero-order chi connectivity index (χ0) is 17.5. The van der Waals surface area contributed by atoms with Gasteiger partial charge in [0.2, 0.25) is 5.91 Å². The molecule has 0 aliphatic carbocycles. The maximum absolute atomic E-state index is 12.4. The number of nitrogens with one attached hydrogen (secondary N) is 1. The van der Waals surface area contributed by atoms with Crippen LogP contribution in [0.15, 0.2) is 54.6 Å². The summed E-state index contributed by atoms with van der Waals surface area (Å²) in [6, 6.07) is 15.4. The fraction of sp³-hybridized carbons (Fsp3) is 0.222. The average molecular weight is 327 g/mol. The largest absolute Gasteiger partial charge is 0.497 e. The van der Waals surface area contributed by atoms with Crippen molar-refractivity contribution in [3.63, 3.8) is 0 Å². The Morgan fingerprint density at radius 1 is 1.17 bits per heavy atom. The normalized spacial score (nSPS) is 11.8. The highest BCUT2D eigenvalue weighted by atomic mass is 16.5. The first-order valence-electron chi connectivity index (χ1n) is 7.49. The minimum Gasteiger partial charge on any atom is -0.497 e. The Labute approximate surface area is 141 Å². The number of nitrogens with zero attached hydrogens (tertiary/aromatic N) is 1.